The molecule has 1 fully saturated rings. The Morgan fingerprint density at radius 3 is 2.61 bits per heavy atom. The van der Waals surface area contributed by atoms with Crippen LogP contribution in [0.3, 0.4) is 0 Å². The van der Waals surface area contributed by atoms with Crippen LogP contribution in [0.25, 0.3) is 11.4 Å². The summed E-state index contributed by atoms with van der Waals surface area (Å²) in [6.07, 6.45) is 5.49. The molecule has 23 heavy (non-hydrogen) atoms. The van der Waals surface area contributed by atoms with Gasteiger partial charge in [0.05, 0.1) is 0 Å². The summed E-state index contributed by atoms with van der Waals surface area (Å²) in [5.74, 6) is 1.24. The molecule has 5 nitrogen and oxygen atoms in total. The van der Waals surface area contributed by atoms with Gasteiger partial charge < -0.3 is 9.84 Å². The minimum Gasteiger partial charge on any atom is -0.344 e. The van der Waals surface area contributed by atoms with Gasteiger partial charge in [-0.25, -0.2) is 0 Å². The highest BCUT2D eigenvalue weighted by Gasteiger charge is 2.24. The third kappa shape index (κ3) is 3.78. The summed E-state index contributed by atoms with van der Waals surface area (Å²) in [7, 11) is 0. The molecule has 0 spiro atoms. The van der Waals surface area contributed by atoms with E-state index < -0.39 is 0 Å². The number of rotatable bonds is 4. The third-order valence-corrected chi connectivity index (χ3v) is 4.46. The van der Waals surface area contributed by atoms with Gasteiger partial charge in [0.1, 0.15) is 6.04 Å². The van der Waals surface area contributed by atoms with Crippen molar-refractivity contribution in [2.24, 2.45) is 5.92 Å². The summed E-state index contributed by atoms with van der Waals surface area (Å²) in [4.78, 5) is 16.7. The highest BCUT2D eigenvalue weighted by atomic mass is 16.5. The van der Waals surface area contributed by atoms with Crippen LogP contribution in [0.5, 0.6) is 0 Å². The molecule has 2 aromatic rings. The molecule has 1 saturated carbocycles. The van der Waals surface area contributed by atoms with Crippen LogP contribution in [0.2, 0.25) is 0 Å². The molecule has 1 N–H and O–H groups in total. The van der Waals surface area contributed by atoms with E-state index in [1.165, 1.54) is 12.0 Å². The van der Waals surface area contributed by atoms with Gasteiger partial charge in [-0.2, -0.15) is 4.98 Å². The van der Waals surface area contributed by atoms with Gasteiger partial charge in [-0.3, -0.25) is 4.79 Å². The monoisotopic (exact) mass is 313 g/mol. The third-order valence-electron chi connectivity index (χ3n) is 4.46. The molecule has 1 heterocycles. The van der Waals surface area contributed by atoms with E-state index in [1.54, 1.807) is 0 Å². The highest BCUT2D eigenvalue weighted by Crippen LogP contribution is 2.25. The molecule has 1 aromatic carbocycles. The molecule has 0 aliphatic heterocycles. The zero-order valence-electron chi connectivity index (χ0n) is 13.7. The predicted molar refractivity (Wildman–Crippen MR) is 87.6 cm³/mol. The predicted octanol–water partition coefficient (Wildman–Crippen LogP) is 3.80. The van der Waals surface area contributed by atoms with Crippen LogP contribution in [-0.2, 0) is 4.79 Å². The Hall–Kier alpha value is -2.17. The normalized spacial score (nSPS) is 17.0. The lowest BCUT2D eigenvalue weighted by Crippen LogP contribution is -2.33. The number of carbonyl (C=O) groups is 1. The fourth-order valence-corrected chi connectivity index (χ4v) is 2.99. The molecule has 0 bridgehead atoms. The lowest BCUT2D eigenvalue weighted by molar-refractivity contribution is -0.126. The van der Waals surface area contributed by atoms with Gasteiger partial charge in [0, 0.05) is 11.5 Å². The molecule has 1 aliphatic carbocycles. The summed E-state index contributed by atoms with van der Waals surface area (Å²) < 4.78 is 5.32. The number of nitrogens with one attached hydrogen (secondary N) is 1. The zero-order chi connectivity index (χ0) is 16.2. The maximum atomic E-state index is 12.3. The number of aromatic nitrogens is 2. The molecule has 1 atom stereocenters. The number of carbonyl (C=O) groups excluding carboxylic acids is 1. The molecular formula is C18H23N3O2. The Balaban J connectivity index is 1.64. The van der Waals surface area contributed by atoms with Crippen molar-refractivity contribution in [1.82, 2.24) is 15.5 Å². The molecule has 0 unspecified atom stereocenters. The average molecular weight is 313 g/mol. The Morgan fingerprint density at radius 1 is 1.22 bits per heavy atom. The molecule has 1 amide bonds. The Bertz CT molecular complexity index is 657. The van der Waals surface area contributed by atoms with Gasteiger partial charge in [-0.1, -0.05) is 54.2 Å². The van der Waals surface area contributed by atoms with Gasteiger partial charge >= 0.3 is 0 Å². The summed E-state index contributed by atoms with van der Waals surface area (Å²) in [5, 5.41) is 7.02. The first-order chi connectivity index (χ1) is 11.1. The van der Waals surface area contributed by atoms with Gasteiger partial charge in [-0.15, -0.1) is 0 Å². The van der Waals surface area contributed by atoms with E-state index in [0.29, 0.717) is 11.7 Å². The van der Waals surface area contributed by atoms with E-state index in [2.05, 4.69) is 15.5 Å². The number of hydrogen-bond donors (Lipinski definition) is 1. The van der Waals surface area contributed by atoms with Crippen LogP contribution >= 0.6 is 0 Å². The van der Waals surface area contributed by atoms with Gasteiger partial charge in [0.25, 0.3) is 0 Å². The van der Waals surface area contributed by atoms with Crippen molar-refractivity contribution in [3.8, 4) is 11.4 Å². The lowest BCUT2D eigenvalue weighted by Gasteiger charge is -2.22. The van der Waals surface area contributed by atoms with E-state index in [4.69, 9.17) is 4.52 Å². The lowest BCUT2D eigenvalue weighted by atomic mass is 9.88. The number of benzene rings is 1. The second kappa shape index (κ2) is 6.94. The second-order valence-electron chi connectivity index (χ2n) is 6.39. The SMILES string of the molecule is Cc1ccc(-c2noc([C@H](C)NC(=O)C3CCCCC3)n2)cc1. The van der Waals surface area contributed by atoms with Crippen molar-refractivity contribution in [1.29, 1.82) is 0 Å². The fourth-order valence-electron chi connectivity index (χ4n) is 2.99. The Labute approximate surface area is 136 Å². The minimum atomic E-state index is -0.267. The van der Waals surface area contributed by atoms with Gasteiger partial charge in [0.2, 0.25) is 17.6 Å². The average Bonchev–Trinajstić information content (AvgIpc) is 3.06. The van der Waals surface area contributed by atoms with Crippen molar-refractivity contribution in [3.05, 3.63) is 35.7 Å². The van der Waals surface area contributed by atoms with Crippen LogP contribution in [0.15, 0.2) is 28.8 Å². The molecular weight excluding hydrogens is 290 g/mol. The summed E-state index contributed by atoms with van der Waals surface area (Å²) in [6.45, 7) is 3.92. The molecule has 0 saturated heterocycles. The number of hydrogen-bond acceptors (Lipinski definition) is 4. The quantitative estimate of drug-likeness (QED) is 0.932. The number of nitrogens with zero attached hydrogens (tertiary/aromatic N) is 2. The molecule has 0 radical (unpaired) electrons. The van der Waals surface area contributed by atoms with E-state index in [1.807, 2.05) is 38.1 Å². The van der Waals surface area contributed by atoms with Crippen LogP contribution in [0, 0.1) is 12.8 Å². The van der Waals surface area contributed by atoms with Crippen molar-refractivity contribution in [2.75, 3.05) is 0 Å². The smallest absolute Gasteiger partial charge is 0.249 e. The van der Waals surface area contributed by atoms with Crippen LogP contribution in [0.1, 0.15) is 56.5 Å². The van der Waals surface area contributed by atoms with Gasteiger partial charge in [-0.05, 0) is 26.7 Å². The van der Waals surface area contributed by atoms with Crippen molar-refractivity contribution in [2.45, 2.75) is 52.0 Å². The van der Waals surface area contributed by atoms with E-state index in [0.717, 1.165) is 31.2 Å². The molecule has 122 valence electrons. The van der Waals surface area contributed by atoms with E-state index >= 15 is 0 Å². The van der Waals surface area contributed by atoms with Crippen molar-refractivity contribution < 1.29 is 9.32 Å². The first-order valence-electron chi connectivity index (χ1n) is 8.34. The van der Waals surface area contributed by atoms with Crippen LogP contribution in [0.4, 0.5) is 0 Å². The van der Waals surface area contributed by atoms with Crippen molar-refractivity contribution in [3.63, 3.8) is 0 Å². The Kier molecular flexibility index (Phi) is 4.74. The van der Waals surface area contributed by atoms with Crippen molar-refractivity contribution >= 4 is 5.91 Å². The maximum Gasteiger partial charge on any atom is 0.249 e. The first-order valence-corrected chi connectivity index (χ1v) is 8.34. The maximum absolute atomic E-state index is 12.3. The molecule has 1 aromatic heterocycles. The molecule has 1 aliphatic rings. The largest absolute Gasteiger partial charge is 0.344 e. The number of amides is 1. The standard InChI is InChI=1S/C18H23N3O2/c1-12-8-10-14(11-9-12)16-20-18(23-21-16)13(2)19-17(22)15-6-4-3-5-7-15/h8-11,13,15H,3-7H2,1-2H3,(H,19,22)/t13-/m0/s1. The summed E-state index contributed by atoms with van der Waals surface area (Å²) in [6, 6.07) is 7.69. The summed E-state index contributed by atoms with van der Waals surface area (Å²) in [5.41, 5.74) is 2.10. The minimum absolute atomic E-state index is 0.104. The molecule has 5 heteroatoms. The van der Waals surface area contributed by atoms with Crippen LogP contribution in [-0.4, -0.2) is 16.0 Å². The molecule has 3 rings (SSSR count). The van der Waals surface area contributed by atoms with Crippen LogP contribution < -0.4 is 5.32 Å². The Morgan fingerprint density at radius 2 is 1.91 bits per heavy atom. The first kappa shape index (κ1) is 15.7. The topological polar surface area (TPSA) is 68.0 Å². The number of aryl methyl sites for hydroxylation is 1. The van der Waals surface area contributed by atoms with Gasteiger partial charge in [0.15, 0.2) is 0 Å². The van der Waals surface area contributed by atoms with E-state index in [-0.39, 0.29) is 17.9 Å². The summed E-state index contributed by atoms with van der Waals surface area (Å²) >= 11 is 0. The zero-order valence-corrected chi connectivity index (χ0v) is 13.7. The fraction of sp³-hybridized carbons (Fsp3) is 0.500. The highest BCUT2D eigenvalue weighted by molar-refractivity contribution is 5.79. The van der Waals surface area contributed by atoms with E-state index in [9.17, 15) is 4.79 Å². The second-order valence-corrected chi connectivity index (χ2v) is 6.39.